The molecule has 108 valence electrons. The standard InChI is InChI=1S/C17H17FN2O/c1-12-5-8-16(18)15(10-12)17(21)20(14-6-7-14)11-13-4-2-3-9-19-13/h2-5,8-10,14H,6-7,11H2,1H3. The lowest BCUT2D eigenvalue weighted by atomic mass is 10.1. The largest absolute Gasteiger partial charge is 0.330 e. The summed E-state index contributed by atoms with van der Waals surface area (Å²) in [4.78, 5) is 18.7. The summed E-state index contributed by atoms with van der Waals surface area (Å²) < 4.78 is 13.9. The first-order valence-electron chi connectivity index (χ1n) is 7.12. The van der Waals surface area contributed by atoms with Gasteiger partial charge >= 0.3 is 0 Å². The molecule has 1 saturated carbocycles. The highest BCUT2D eigenvalue weighted by molar-refractivity contribution is 5.95. The third-order valence-electron chi connectivity index (χ3n) is 3.66. The quantitative estimate of drug-likeness (QED) is 0.862. The van der Waals surface area contributed by atoms with Gasteiger partial charge in [-0.25, -0.2) is 4.39 Å². The predicted octanol–water partition coefficient (Wildman–Crippen LogP) is 3.33. The molecule has 4 heteroatoms. The maximum atomic E-state index is 13.9. The minimum atomic E-state index is -0.461. The lowest BCUT2D eigenvalue weighted by Gasteiger charge is -2.22. The van der Waals surface area contributed by atoms with Crippen molar-refractivity contribution in [1.82, 2.24) is 9.88 Å². The van der Waals surface area contributed by atoms with Crippen molar-refractivity contribution in [2.75, 3.05) is 0 Å². The van der Waals surface area contributed by atoms with Gasteiger partial charge in [0.25, 0.3) is 5.91 Å². The average molecular weight is 284 g/mol. The molecule has 0 saturated heterocycles. The van der Waals surface area contributed by atoms with Crippen LogP contribution in [0, 0.1) is 12.7 Å². The second-order valence-electron chi connectivity index (χ2n) is 5.47. The molecule has 1 aromatic carbocycles. The van der Waals surface area contributed by atoms with Gasteiger partial charge in [0.15, 0.2) is 0 Å². The molecular weight excluding hydrogens is 267 g/mol. The van der Waals surface area contributed by atoms with Crippen molar-refractivity contribution >= 4 is 5.91 Å². The molecule has 2 aromatic rings. The number of nitrogens with zero attached hydrogens (tertiary/aromatic N) is 2. The van der Waals surface area contributed by atoms with Gasteiger partial charge in [0.1, 0.15) is 5.82 Å². The van der Waals surface area contributed by atoms with Crippen LogP contribution in [0.15, 0.2) is 42.6 Å². The summed E-state index contributed by atoms with van der Waals surface area (Å²) in [5.74, 6) is -0.707. The molecule has 0 unspecified atom stereocenters. The molecule has 1 aliphatic rings. The summed E-state index contributed by atoms with van der Waals surface area (Å²) >= 11 is 0. The highest BCUT2D eigenvalue weighted by Gasteiger charge is 2.34. The maximum Gasteiger partial charge on any atom is 0.257 e. The fourth-order valence-corrected chi connectivity index (χ4v) is 2.38. The summed E-state index contributed by atoms with van der Waals surface area (Å²) in [6.07, 6.45) is 3.66. The Bertz CT molecular complexity index is 653. The molecule has 1 aromatic heterocycles. The van der Waals surface area contributed by atoms with Gasteiger partial charge in [-0.2, -0.15) is 0 Å². The number of aryl methyl sites for hydroxylation is 1. The first-order valence-corrected chi connectivity index (χ1v) is 7.12. The lowest BCUT2D eigenvalue weighted by molar-refractivity contribution is 0.0723. The lowest BCUT2D eigenvalue weighted by Crippen LogP contribution is -2.33. The van der Waals surface area contributed by atoms with Crippen LogP contribution >= 0.6 is 0 Å². The number of hydrogen-bond donors (Lipinski definition) is 0. The Morgan fingerprint density at radius 3 is 2.81 bits per heavy atom. The Kier molecular flexibility index (Phi) is 3.69. The normalized spacial score (nSPS) is 14.0. The Labute approximate surface area is 123 Å². The number of amides is 1. The van der Waals surface area contributed by atoms with Gasteiger partial charge in [-0.1, -0.05) is 17.7 Å². The summed E-state index contributed by atoms with van der Waals surface area (Å²) in [6, 6.07) is 10.5. The monoisotopic (exact) mass is 284 g/mol. The van der Waals surface area contributed by atoms with Crippen molar-refractivity contribution in [3.05, 3.63) is 65.2 Å². The molecule has 21 heavy (non-hydrogen) atoms. The van der Waals surface area contributed by atoms with Crippen LogP contribution in [0.25, 0.3) is 0 Å². The SMILES string of the molecule is Cc1ccc(F)c(C(=O)N(Cc2ccccn2)C2CC2)c1. The van der Waals surface area contributed by atoms with Crippen molar-refractivity contribution in [3.63, 3.8) is 0 Å². The van der Waals surface area contributed by atoms with Crippen LogP contribution in [0.4, 0.5) is 4.39 Å². The van der Waals surface area contributed by atoms with E-state index in [9.17, 15) is 9.18 Å². The third-order valence-corrected chi connectivity index (χ3v) is 3.66. The summed E-state index contributed by atoms with van der Waals surface area (Å²) in [6.45, 7) is 2.29. The van der Waals surface area contributed by atoms with E-state index in [1.165, 1.54) is 6.07 Å². The maximum absolute atomic E-state index is 13.9. The van der Waals surface area contributed by atoms with E-state index in [1.807, 2.05) is 25.1 Å². The topological polar surface area (TPSA) is 33.2 Å². The number of hydrogen-bond acceptors (Lipinski definition) is 2. The zero-order chi connectivity index (χ0) is 14.8. The van der Waals surface area contributed by atoms with E-state index in [0.717, 1.165) is 24.1 Å². The van der Waals surface area contributed by atoms with Crippen molar-refractivity contribution < 1.29 is 9.18 Å². The Balaban J connectivity index is 1.87. The van der Waals surface area contributed by atoms with Gasteiger partial charge in [0.2, 0.25) is 0 Å². The van der Waals surface area contributed by atoms with E-state index in [-0.39, 0.29) is 17.5 Å². The smallest absolute Gasteiger partial charge is 0.257 e. The van der Waals surface area contributed by atoms with Crippen molar-refractivity contribution in [1.29, 1.82) is 0 Å². The second kappa shape index (κ2) is 5.64. The van der Waals surface area contributed by atoms with Crippen LogP contribution in [0.5, 0.6) is 0 Å². The molecule has 0 radical (unpaired) electrons. The van der Waals surface area contributed by atoms with Crippen LogP contribution in [0.1, 0.15) is 34.5 Å². The molecule has 0 atom stereocenters. The first-order chi connectivity index (χ1) is 10.1. The molecule has 0 aliphatic heterocycles. The fraction of sp³-hybridized carbons (Fsp3) is 0.294. The predicted molar refractivity (Wildman–Crippen MR) is 78.3 cm³/mol. The van der Waals surface area contributed by atoms with E-state index in [2.05, 4.69) is 4.98 Å². The van der Waals surface area contributed by atoms with Crippen LogP contribution < -0.4 is 0 Å². The van der Waals surface area contributed by atoms with E-state index in [1.54, 1.807) is 23.2 Å². The summed E-state index contributed by atoms with van der Waals surface area (Å²) in [5.41, 5.74) is 1.86. The molecule has 0 N–H and O–H groups in total. The second-order valence-corrected chi connectivity index (χ2v) is 5.47. The van der Waals surface area contributed by atoms with Crippen molar-refractivity contribution in [3.8, 4) is 0 Å². The number of pyridine rings is 1. The molecule has 0 spiro atoms. The molecular formula is C17H17FN2O. The van der Waals surface area contributed by atoms with Crippen molar-refractivity contribution in [2.45, 2.75) is 32.4 Å². The highest BCUT2D eigenvalue weighted by Crippen LogP contribution is 2.30. The molecule has 1 fully saturated rings. The zero-order valence-corrected chi connectivity index (χ0v) is 11.9. The number of halogens is 1. The molecule has 1 aliphatic carbocycles. The van der Waals surface area contributed by atoms with E-state index in [4.69, 9.17) is 0 Å². The van der Waals surface area contributed by atoms with Gasteiger partial charge in [-0.15, -0.1) is 0 Å². The van der Waals surface area contributed by atoms with Crippen LogP contribution in [-0.4, -0.2) is 21.8 Å². The summed E-state index contributed by atoms with van der Waals surface area (Å²) in [7, 11) is 0. The Hall–Kier alpha value is -2.23. The van der Waals surface area contributed by atoms with E-state index in [0.29, 0.717) is 6.54 Å². The average Bonchev–Trinajstić information content (AvgIpc) is 3.32. The minimum absolute atomic E-state index is 0.151. The fourth-order valence-electron chi connectivity index (χ4n) is 2.38. The zero-order valence-electron chi connectivity index (χ0n) is 11.9. The highest BCUT2D eigenvalue weighted by atomic mass is 19.1. The number of carbonyl (C=O) groups excluding carboxylic acids is 1. The first kappa shape index (κ1) is 13.7. The van der Waals surface area contributed by atoms with Gasteiger partial charge in [-0.05, 0) is 44.0 Å². The van der Waals surface area contributed by atoms with Gasteiger partial charge in [0, 0.05) is 12.2 Å². The van der Waals surface area contributed by atoms with Crippen molar-refractivity contribution in [2.24, 2.45) is 0 Å². The number of rotatable bonds is 4. The number of carbonyl (C=O) groups is 1. The molecule has 3 rings (SSSR count). The Morgan fingerprint density at radius 1 is 1.33 bits per heavy atom. The van der Waals surface area contributed by atoms with Crippen LogP contribution in [0.3, 0.4) is 0 Å². The summed E-state index contributed by atoms with van der Waals surface area (Å²) in [5, 5.41) is 0. The molecule has 1 heterocycles. The third kappa shape index (κ3) is 3.10. The minimum Gasteiger partial charge on any atom is -0.330 e. The molecule has 3 nitrogen and oxygen atoms in total. The van der Waals surface area contributed by atoms with E-state index >= 15 is 0 Å². The molecule has 0 bridgehead atoms. The van der Waals surface area contributed by atoms with E-state index < -0.39 is 5.82 Å². The van der Waals surface area contributed by atoms with Gasteiger partial charge in [0.05, 0.1) is 17.8 Å². The number of aromatic nitrogens is 1. The van der Waals surface area contributed by atoms with Gasteiger partial charge in [-0.3, -0.25) is 9.78 Å². The Morgan fingerprint density at radius 2 is 2.14 bits per heavy atom. The molecule has 1 amide bonds. The van der Waals surface area contributed by atoms with Gasteiger partial charge < -0.3 is 4.90 Å². The van der Waals surface area contributed by atoms with Crippen LogP contribution in [0.2, 0.25) is 0 Å². The van der Waals surface area contributed by atoms with Crippen LogP contribution in [-0.2, 0) is 6.54 Å². The number of benzene rings is 1.